The predicted octanol–water partition coefficient (Wildman–Crippen LogP) is 5.92. The van der Waals surface area contributed by atoms with E-state index in [1.165, 1.54) is 11.8 Å². The van der Waals surface area contributed by atoms with Crippen LogP contribution in [0.2, 0.25) is 0 Å². The van der Waals surface area contributed by atoms with Gasteiger partial charge >= 0.3 is 0 Å². The maximum absolute atomic E-state index is 12.4. The number of halogens is 1. The Labute approximate surface area is 181 Å². The van der Waals surface area contributed by atoms with Crippen LogP contribution in [0.3, 0.4) is 0 Å². The number of nitrogens with one attached hydrogen (secondary N) is 1. The molecule has 0 unspecified atom stereocenters. The lowest BCUT2D eigenvalue weighted by Crippen LogP contribution is -2.19. The molecule has 4 rings (SSSR count). The number of para-hydroxylation sites is 1. The second kappa shape index (κ2) is 9.11. The second-order valence-electron chi connectivity index (χ2n) is 6.27. The number of ether oxygens (including phenoxy) is 1. The molecular formula is C23H17BrN2O2S. The first-order valence-electron chi connectivity index (χ1n) is 8.98. The summed E-state index contributed by atoms with van der Waals surface area (Å²) in [7, 11) is 0. The Balaban J connectivity index is 1.56. The summed E-state index contributed by atoms with van der Waals surface area (Å²) in [6, 6.07) is 25.3. The van der Waals surface area contributed by atoms with Gasteiger partial charge in [0.25, 0.3) is 5.91 Å². The molecule has 1 heterocycles. The second-order valence-corrected chi connectivity index (χ2v) is 8.22. The Bertz CT molecular complexity index is 1080. The number of carbonyl (C=O) groups excluding carboxylic acids is 1. The van der Waals surface area contributed by atoms with Crippen LogP contribution in [0.4, 0.5) is 5.69 Å². The highest BCUT2D eigenvalue weighted by molar-refractivity contribution is 9.10. The molecule has 1 saturated heterocycles. The molecule has 3 aromatic carbocycles. The number of benzene rings is 3. The van der Waals surface area contributed by atoms with Crippen LogP contribution in [-0.2, 0) is 11.4 Å². The topological polar surface area (TPSA) is 50.7 Å². The quantitative estimate of drug-likeness (QED) is 0.476. The molecule has 1 aliphatic heterocycles. The van der Waals surface area contributed by atoms with E-state index in [0.717, 1.165) is 21.3 Å². The summed E-state index contributed by atoms with van der Waals surface area (Å²) >= 11 is 4.81. The van der Waals surface area contributed by atoms with Crippen molar-refractivity contribution in [3.63, 3.8) is 0 Å². The Hall–Kier alpha value is -2.83. The number of amidine groups is 1. The van der Waals surface area contributed by atoms with Crippen molar-refractivity contribution in [1.82, 2.24) is 5.32 Å². The van der Waals surface area contributed by atoms with E-state index < -0.39 is 0 Å². The summed E-state index contributed by atoms with van der Waals surface area (Å²) in [5.41, 5.74) is 2.71. The lowest BCUT2D eigenvalue weighted by atomic mass is 10.2. The van der Waals surface area contributed by atoms with Gasteiger partial charge in [-0.3, -0.25) is 4.79 Å². The number of rotatable bonds is 5. The van der Waals surface area contributed by atoms with E-state index in [1.807, 2.05) is 84.9 Å². The van der Waals surface area contributed by atoms with E-state index >= 15 is 0 Å². The minimum atomic E-state index is -0.168. The van der Waals surface area contributed by atoms with Crippen molar-refractivity contribution in [3.8, 4) is 5.75 Å². The third-order valence-corrected chi connectivity index (χ3v) is 5.54. The molecule has 1 N–H and O–H groups in total. The van der Waals surface area contributed by atoms with Crippen LogP contribution in [0.1, 0.15) is 11.1 Å². The van der Waals surface area contributed by atoms with Gasteiger partial charge in [0.2, 0.25) is 0 Å². The molecule has 29 heavy (non-hydrogen) atoms. The molecular weight excluding hydrogens is 448 g/mol. The van der Waals surface area contributed by atoms with Gasteiger partial charge in [-0.15, -0.1) is 0 Å². The van der Waals surface area contributed by atoms with Crippen LogP contribution in [0, 0.1) is 0 Å². The first-order chi connectivity index (χ1) is 14.2. The first kappa shape index (κ1) is 19.5. The van der Waals surface area contributed by atoms with Gasteiger partial charge < -0.3 is 10.1 Å². The zero-order valence-electron chi connectivity index (χ0n) is 15.3. The fourth-order valence-electron chi connectivity index (χ4n) is 2.74. The molecule has 0 aromatic heterocycles. The zero-order chi connectivity index (χ0) is 20.1. The number of hydrogen-bond donors (Lipinski definition) is 1. The molecule has 0 spiro atoms. The summed E-state index contributed by atoms with van der Waals surface area (Å²) in [6.07, 6.45) is 1.83. The van der Waals surface area contributed by atoms with Crippen molar-refractivity contribution in [1.29, 1.82) is 0 Å². The number of thioether (sulfide) groups is 1. The number of carbonyl (C=O) groups is 1. The molecule has 0 bridgehead atoms. The summed E-state index contributed by atoms with van der Waals surface area (Å²) in [4.78, 5) is 17.5. The number of aliphatic imine (C=N–C) groups is 1. The monoisotopic (exact) mass is 464 g/mol. The molecule has 1 aliphatic rings. The highest BCUT2D eigenvalue weighted by Gasteiger charge is 2.24. The Morgan fingerprint density at radius 1 is 1.00 bits per heavy atom. The van der Waals surface area contributed by atoms with E-state index in [9.17, 15) is 4.79 Å². The van der Waals surface area contributed by atoms with Crippen molar-refractivity contribution >= 4 is 50.5 Å². The van der Waals surface area contributed by atoms with Gasteiger partial charge in [0.15, 0.2) is 5.17 Å². The lowest BCUT2D eigenvalue weighted by Gasteiger charge is -2.10. The fraction of sp³-hybridized carbons (Fsp3) is 0.0435. The van der Waals surface area contributed by atoms with Crippen molar-refractivity contribution in [2.24, 2.45) is 4.99 Å². The van der Waals surface area contributed by atoms with Gasteiger partial charge in [-0.1, -0.05) is 64.5 Å². The minimum absolute atomic E-state index is 0.168. The van der Waals surface area contributed by atoms with Gasteiger partial charge in [-0.05, 0) is 53.7 Å². The number of hydrogen-bond acceptors (Lipinski definition) is 4. The van der Waals surface area contributed by atoms with Crippen LogP contribution in [-0.4, -0.2) is 11.1 Å². The van der Waals surface area contributed by atoms with Crippen LogP contribution in [0.15, 0.2) is 93.2 Å². The SMILES string of the molecule is O=C1NC(=Nc2ccccc2)S/C1=C\c1cc(Br)ccc1OCc1ccccc1. The van der Waals surface area contributed by atoms with Gasteiger partial charge in [0, 0.05) is 10.0 Å². The molecule has 0 aliphatic carbocycles. The molecule has 3 aromatic rings. The van der Waals surface area contributed by atoms with Gasteiger partial charge in [0.05, 0.1) is 10.6 Å². The number of amides is 1. The van der Waals surface area contributed by atoms with Crippen molar-refractivity contribution in [3.05, 3.63) is 99.4 Å². The van der Waals surface area contributed by atoms with Crippen LogP contribution >= 0.6 is 27.7 Å². The van der Waals surface area contributed by atoms with E-state index in [4.69, 9.17) is 4.74 Å². The summed E-state index contributed by atoms with van der Waals surface area (Å²) in [6.45, 7) is 0.457. The lowest BCUT2D eigenvalue weighted by molar-refractivity contribution is -0.115. The average Bonchev–Trinajstić information content (AvgIpc) is 3.07. The van der Waals surface area contributed by atoms with E-state index in [2.05, 4.69) is 26.2 Å². The zero-order valence-corrected chi connectivity index (χ0v) is 17.7. The van der Waals surface area contributed by atoms with Crippen LogP contribution in [0.5, 0.6) is 5.75 Å². The van der Waals surface area contributed by atoms with E-state index in [-0.39, 0.29) is 5.91 Å². The van der Waals surface area contributed by atoms with Crippen LogP contribution in [0.25, 0.3) is 6.08 Å². The maximum atomic E-state index is 12.4. The van der Waals surface area contributed by atoms with Gasteiger partial charge in [-0.25, -0.2) is 4.99 Å². The summed E-state index contributed by atoms with van der Waals surface area (Å²) in [5.74, 6) is 0.546. The van der Waals surface area contributed by atoms with Gasteiger partial charge in [-0.2, -0.15) is 0 Å². The van der Waals surface area contributed by atoms with Crippen LogP contribution < -0.4 is 10.1 Å². The molecule has 6 heteroatoms. The highest BCUT2D eigenvalue weighted by atomic mass is 79.9. The first-order valence-corrected chi connectivity index (χ1v) is 10.6. The standard InChI is InChI=1S/C23H17BrN2O2S/c24-18-11-12-20(28-15-16-7-3-1-4-8-16)17(13-18)14-21-22(27)26-23(29-21)25-19-9-5-2-6-10-19/h1-14H,15H2,(H,25,26,27)/b21-14-. The Kier molecular flexibility index (Phi) is 6.12. The van der Waals surface area contributed by atoms with Gasteiger partial charge in [0.1, 0.15) is 12.4 Å². The van der Waals surface area contributed by atoms with Crippen molar-refractivity contribution in [2.45, 2.75) is 6.61 Å². The van der Waals surface area contributed by atoms with Crippen molar-refractivity contribution in [2.75, 3.05) is 0 Å². The molecule has 0 radical (unpaired) electrons. The molecule has 1 amide bonds. The molecule has 1 fully saturated rings. The maximum Gasteiger partial charge on any atom is 0.264 e. The smallest absolute Gasteiger partial charge is 0.264 e. The summed E-state index contributed by atoms with van der Waals surface area (Å²) < 4.78 is 6.92. The molecule has 0 saturated carbocycles. The number of nitrogens with zero attached hydrogens (tertiary/aromatic N) is 1. The van der Waals surface area contributed by atoms with E-state index in [0.29, 0.717) is 22.4 Å². The molecule has 144 valence electrons. The Morgan fingerprint density at radius 3 is 2.48 bits per heavy atom. The third-order valence-electron chi connectivity index (χ3n) is 4.13. The summed E-state index contributed by atoms with van der Waals surface area (Å²) in [5, 5.41) is 3.38. The molecule has 4 nitrogen and oxygen atoms in total. The van der Waals surface area contributed by atoms with Crippen molar-refractivity contribution < 1.29 is 9.53 Å². The largest absolute Gasteiger partial charge is 0.488 e. The third kappa shape index (κ3) is 5.16. The predicted molar refractivity (Wildman–Crippen MR) is 122 cm³/mol. The van der Waals surface area contributed by atoms with E-state index in [1.54, 1.807) is 0 Å². The average molecular weight is 465 g/mol. The normalized spacial score (nSPS) is 16.2. The highest BCUT2D eigenvalue weighted by Crippen LogP contribution is 2.32. The minimum Gasteiger partial charge on any atom is -0.488 e. The molecule has 0 atom stereocenters. The fourth-order valence-corrected chi connectivity index (χ4v) is 3.95. The Morgan fingerprint density at radius 2 is 1.72 bits per heavy atom.